The van der Waals surface area contributed by atoms with Gasteiger partial charge in [-0.05, 0) is 50.0 Å². The maximum absolute atomic E-state index is 5.84. The summed E-state index contributed by atoms with van der Waals surface area (Å²) in [7, 11) is 3.75. The molecule has 21 heavy (non-hydrogen) atoms. The van der Waals surface area contributed by atoms with Crippen molar-refractivity contribution in [1.82, 2.24) is 10.2 Å². The number of benzene rings is 1. The zero-order chi connectivity index (χ0) is 14.9. The molecule has 1 aromatic rings. The monoisotopic (exact) mass is 292 g/mol. The van der Waals surface area contributed by atoms with E-state index in [1.54, 1.807) is 7.11 Å². The highest BCUT2D eigenvalue weighted by Gasteiger charge is 2.19. The van der Waals surface area contributed by atoms with E-state index < -0.39 is 0 Å². The summed E-state index contributed by atoms with van der Waals surface area (Å²) in [5.41, 5.74) is 1.28. The lowest BCUT2D eigenvalue weighted by atomic mass is 9.99. The molecule has 0 radical (unpaired) electrons. The molecule has 0 spiro atoms. The van der Waals surface area contributed by atoms with Crippen molar-refractivity contribution >= 4 is 0 Å². The van der Waals surface area contributed by atoms with Gasteiger partial charge in [0.2, 0.25) is 0 Å². The number of nitrogens with zero attached hydrogens (tertiary/aromatic N) is 1. The lowest BCUT2D eigenvalue weighted by molar-refractivity contribution is 0.0832. The summed E-state index contributed by atoms with van der Waals surface area (Å²) in [5.74, 6) is 1.64. The highest BCUT2D eigenvalue weighted by molar-refractivity contribution is 5.27. The average molecular weight is 292 g/mol. The van der Waals surface area contributed by atoms with Crippen molar-refractivity contribution in [3.63, 3.8) is 0 Å². The summed E-state index contributed by atoms with van der Waals surface area (Å²) in [5, 5.41) is 3.15. The number of ether oxygens (including phenoxy) is 2. The first-order valence-corrected chi connectivity index (χ1v) is 7.89. The van der Waals surface area contributed by atoms with Crippen LogP contribution in [0.5, 0.6) is 5.75 Å². The molecule has 1 atom stereocenters. The molecule has 1 N–H and O–H groups in total. The molecular formula is C17H28N2O2. The third-order valence-corrected chi connectivity index (χ3v) is 3.99. The molecule has 0 saturated carbocycles. The van der Waals surface area contributed by atoms with Gasteiger partial charge >= 0.3 is 0 Å². The van der Waals surface area contributed by atoms with Crippen molar-refractivity contribution in [2.75, 3.05) is 47.0 Å². The minimum absolute atomic E-state index is 0.685. The quantitative estimate of drug-likeness (QED) is 0.796. The van der Waals surface area contributed by atoms with Crippen LogP contribution in [0.2, 0.25) is 0 Å². The van der Waals surface area contributed by atoms with Gasteiger partial charge in [0.25, 0.3) is 0 Å². The molecular weight excluding hydrogens is 264 g/mol. The Hall–Kier alpha value is -1.10. The van der Waals surface area contributed by atoms with Gasteiger partial charge in [0.05, 0.1) is 6.61 Å². The minimum Gasteiger partial charge on any atom is -0.492 e. The predicted octanol–water partition coefficient (Wildman–Crippen LogP) is 2.14. The smallest absolute Gasteiger partial charge is 0.119 e. The number of hydrogen-bond donors (Lipinski definition) is 1. The number of nitrogens with one attached hydrogen (secondary N) is 1. The second-order valence-electron chi connectivity index (χ2n) is 5.79. The Morgan fingerprint density at radius 3 is 2.81 bits per heavy atom. The van der Waals surface area contributed by atoms with Gasteiger partial charge in [0.15, 0.2) is 0 Å². The van der Waals surface area contributed by atoms with Crippen molar-refractivity contribution in [2.45, 2.75) is 19.4 Å². The van der Waals surface area contributed by atoms with Crippen molar-refractivity contribution in [3.8, 4) is 5.75 Å². The van der Waals surface area contributed by atoms with Gasteiger partial charge in [0.1, 0.15) is 12.4 Å². The summed E-state index contributed by atoms with van der Waals surface area (Å²) in [6.45, 7) is 5.85. The van der Waals surface area contributed by atoms with E-state index in [4.69, 9.17) is 9.47 Å². The van der Waals surface area contributed by atoms with Crippen molar-refractivity contribution < 1.29 is 9.47 Å². The first-order valence-electron chi connectivity index (χ1n) is 7.89. The maximum atomic E-state index is 5.84. The summed E-state index contributed by atoms with van der Waals surface area (Å²) < 4.78 is 11.1. The van der Waals surface area contributed by atoms with Crippen LogP contribution in [-0.2, 0) is 11.3 Å². The van der Waals surface area contributed by atoms with Gasteiger partial charge < -0.3 is 14.8 Å². The maximum Gasteiger partial charge on any atom is 0.119 e. The summed E-state index contributed by atoms with van der Waals surface area (Å²) in [4.78, 5) is 2.49. The van der Waals surface area contributed by atoms with Crippen molar-refractivity contribution in [1.29, 1.82) is 0 Å². The van der Waals surface area contributed by atoms with Gasteiger partial charge in [-0.3, -0.25) is 4.90 Å². The molecule has 4 heteroatoms. The minimum atomic E-state index is 0.685. The lowest BCUT2D eigenvalue weighted by Gasteiger charge is -2.32. The van der Waals surface area contributed by atoms with E-state index in [1.807, 2.05) is 7.05 Å². The third-order valence-electron chi connectivity index (χ3n) is 3.99. The van der Waals surface area contributed by atoms with E-state index in [-0.39, 0.29) is 0 Å². The molecule has 1 aliphatic heterocycles. The molecule has 1 heterocycles. The van der Waals surface area contributed by atoms with Crippen LogP contribution in [0, 0.1) is 5.92 Å². The zero-order valence-electron chi connectivity index (χ0n) is 13.3. The number of likely N-dealkylation sites (tertiary alicyclic amines) is 1. The molecule has 0 aliphatic carbocycles. The van der Waals surface area contributed by atoms with Gasteiger partial charge in [-0.15, -0.1) is 0 Å². The zero-order valence-corrected chi connectivity index (χ0v) is 13.3. The Morgan fingerprint density at radius 1 is 1.29 bits per heavy atom. The largest absolute Gasteiger partial charge is 0.492 e. The Kier molecular flexibility index (Phi) is 7.00. The van der Waals surface area contributed by atoms with E-state index in [1.165, 1.54) is 24.9 Å². The van der Waals surface area contributed by atoms with Crippen molar-refractivity contribution in [3.05, 3.63) is 29.8 Å². The second-order valence-corrected chi connectivity index (χ2v) is 5.79. The molecule has 0 bridgehead atoms. The number of rotatable bonds is 8. The van der Waals surface area contributed by atoms with Crippen LogP contribution in [0.15, 0.2) is 24.3 Å². The summed E-state index contributed by atoms with van der Waals surface area (Å²) in [6.07, 6.45) is 2.56. The van der Waals surface area contributed by atoms with Crippen LogP contribution in [-0.4, -0.2) is 51.9 Å². The van der Waals surface area contributed by atoms with E-state index >= 15 is 0 Å². The van der Waals surface area contributed by atoms with E-state index in [0.29, 0.717) is 5.92 Å². The van der Waals surface area contributed by atoms with Crippen LogP contribution < -0.4 is 10.1 Å². The topological polar surface area (TPSA) is 33.7 Å². The van der Waals surface area contributed by atoms with Crippen molar-refractivity contribution in [2.24, 2.45) is 5.92 Å². The number of methoxy groups -OCH3 is 1. The van der Waals surface area contributed by atoms with E-state index in [2.05, 4.69) is 34.5 Å². The summed E-state index contributed by atoms with van der Waals surface area (Å²) in [6, 6.07) is 8.33. The molecule has 118 valence electrons. The highest BCUT2D eigenvalue weighted by atomic mass is 16.5. The van der Waals surface area contributed by atoms with Crippen LogP contribution in [0.3, 0.4) is 0 Å². The normalized spacial score (nSPS) is 19.6. The Labute approximate surface area is 128 Å². The standard InChI is InChI=1S/C17H28N2O2/c1-18-12-15-5-7-17(8-6-15)21-11-10-19-9-3-4-16(13-19)14-20-2/h5-8,16,18H,3-4,9-14H2,1-2H3. The highest BCUT2D eigenvalue weighted by Crippen LogP contribution is 2.17. The van der Waals surface area contributed by atoms with E-state index in [0.717, 1.165) is 38.6 Å². The van der Waals surface area contributed by atoms with Crippen LogP contribution in [0.25, 0.3) is 0 Å². The van der Waals surface area contributed by atoms with Gasteiger partial charge in [0, 0.05) is 26.7 Å². The lowest BCUT2D eigenvalue weighted by Crippen LogP contribution is -2.39. The number of piperidine rings is 1. The third kappa shape index (κ3) is 5.65. The van der Waals surface area contributed by atoms with Crippen LogP contribution in [0.4, 0.5) is 0 Å². The molecule has 0 amide bonds. The van der Waals surface area contributed by atoms with Gasteiger partial charge in [-0.25, -0.2) is 0 Å². The molecule has 4 nitrogen and oxygen atoms in total. The first kappa shape index (κ1) is 16.3. The van der Waals surface area contributed by atoms with Gasteiger partial charge in [-0.2, -0.15) is 0 Å². The molecule has 2 rings (SSSR count). The molecule has 1 aliphatic rings. The first-order chi connectivity index (χ1) is 10.3. The molecule has 0 aromatic heterocycles. The Morgan fingerprint density at radius 2 is 2.10 bits per heavy atom. The van der Waals surface area contributed by atoms with E-state index in [9.17, 15) is 0 Å². The fourth-order valence-electron chi connectivity index (χ4n) is 2.93. The molecule has 1 saturated heterocycles. The number of hydrogen-bond acceptors (Lipinski definition) is 4. The van der Waals surface area contributed by atoms with Crippen LogP contribution >= 0.6 is 0 Å². The average Bonchev–Trinajstić information content (AvgIpc) is 2.50. The fraction of sp³-hybridized carbons (Fsp3) is 0.647. The molecule has 1 unspecified atom stereocenters. The van der Waals surface area contributed by atoms with Crippen LogP contribution in [0.1, 0.15) is 18.4 Å². The fourth-order valence-corrected chi connectivity index (χ4v) is 2.93. The Balaban J connectivity index is 1.68. The second kappa shape index (κ2) is 9.03. The SMILES string of the molecule is CNCc1ccc(OCCN2CCCC(COC)C2)cc1. The molecule has 1 fully saturated rings. The Bertz CT molecular complexity index is 392. The summed E-state index contributed by atoms with van der Waals surface area (Å²) >= 11 is 0. The van der Waals surface area contributed by atoms with Gasteiger partial charge in [-0.1, -0.05) is 12.1 Å². The molecule has 1 aromatic carbocycles. The predicted molar refractivity (Wildman–Crippen MR) is 85.7 cm³/mol.